The minimum absolute atomic E-state index is 0.0617. The van der Waals surface area contributed by atoms with Crippen molar-refractivity contribution in [2.45, 2.75) is 57.9 Å². The summed E-state index contributed by atoms with van der Waals surface area (Å²) in [7, 11) is -4.50. The van der Waals surface area contributed by atoms with E-state index in [4.69, 9.17) is 0 Å². The van der Waals surface area contributed by atoms with E-state index in [9.17, 15) is 8.77 Å². The van der Waals surface area contributed by atoms with E-state index in [1.165, 1.54) is 5.56 Å². The first kappa shape index (κ1) is 26.3. The zero-order valence-corrected chi connectivity index (χ0v) is 22.3. The summed E-state index contributed by atoms with van der Waals surface area (Å²) in [6.07, 6.45) is 0. The number of aryl methyl sites for hydroxylation is 1. The molecule has 1 heterocycles. The van der Waals surface area contributed by atoms with Crippen LogP contribution in [0.4, 0.5) is 0 Å². The Balaban J connectivity index is 1.95. The highest BCUT2D eigenvalue weighted by Crippen LogP contribution is 2.59. The Morgan fingerprint density at radius 3 is 2.03 bits per heavy atom. The molecule has 1 saturated heterocycles. The van der Waals surface area contributed by atoms with E-state index in [1.54, 1.807) is 0 Å². The molecular formula is C25H39N4O2PS. The van der Waals surface area contributed by atoms with Gasteiger partial charge in [-0.05, 0) is 24.6 Å². The van der Waals surface area contributed by atoms with Crippen molar-refractivity contribution in [2.75, 3.05) is 32.7 Å². The molecule has 0 saturated carbocycles. The average molecular weight is 491 g/mol. The molecule has 3 rings (SSSR count). The highest BCUT2D eigenvalue weighted by molar-refractivity contribution is 7.83. The van der Waals surface area contributed by atoms with E-state index in [2.05, 4.69) is 58.8 Å². The molecule has 0 aliphatic carbocycles. The third kappa shape index (κ3) is 6.02. The molecule has 8 heteroatoms. The molecule has 1 aliphatic rings. The smallest absolute Gasteiger partial charge is 0.235 e. The van der Waals surface area contributed by atoms with Gasteiger partial charge in [-0.1, -0.05) is 75.7 Å². The van der Waals surface area contributed by atoms with Gasteiger partial charge >= 0.3 is 0 Å². The molecule has 6 nitrogen and oxygen atoms in total. The molecule has 0 amide bonds. The van der Waals surface area contributed by atoms with Gasteiger partial charge in [-0.25, -0.2) is 18.3 Å². The van der Waals surface area contributed by atoms with Gasteiger partial charge in [0.25, 0.3) is 0 Å². The van der Waals surface area contributed by atoms with Crippen LogP contribution in [0.5, 0.6) is 0 Å². The van der Waals surface area contributed by atoms with Gasteiger partial charge < -0.3 is 0 Å². The third-order valence-electron chi connectivity index (χ3n) is 6.45. The molecule has 1 N–H and O–H groups in total. The molecule has 1 fully saturated rings. The van der Waals surface area contributed by atoms with Gasteiger partial charge in [0.2, 0.25) is 7.44 Å². The summed E-state index contributed by atoms with van der Waals surface area (Å²) in [6.45, 7) is 14.6. The molecule has 0 spiro atoms. The molecule has 2 aromatic rings. The molecular weight excluding hydrogens is 451 g/mol. The first-order valence-corrected chi connectivity index (χ1v) is 14.8. The van der Waals surface area contributed by atoms with Gasteiger partial charge in [0.1, 0.15) is 16.8 Å². The van der Waals surface area contributed by atoms with Crippen LogP contribution in [0.1, 0.15) is 38.8 Å². The minimum Gasteiger partial charge on any atom is -0.291 e. The van der Waals surface area contributed by atoms with Gasteiger partial charge in [-0.2, -0.15) is 0 Å². The maximum Gasteiger partial charge on any atom is 0.235 e. The second kappa shape index (κ2) is 11.9. The van der Waals surface area contributed by atoms with Crippen molar-refractivity contribution in [1.82, 2.24) is 19.0 Å². The lowest BCUT2D eigenvalue weighted by Gasteiger charge is -2.42. The van der Waals surface area contributed by atoms with Crippen molar-refractivity contribution >= 4 is 18.4 Å². The standard InChI is InChI=1S/C25H39N4O2PS/c1-6-28(7-2)32(30,29(8-3)9-4)25(26-33(31)23-17-15-21(5)16-18-23)24-20-27(24)19-22-13-11-10-12-14-22/h10-18,24-26H,6-9,19-20H2,1-5H3/t24-,25+,27?,33?/m1/s1. The highest BCUT2D eigenvalue weighted by Gasteiger charge is 2.53. The lowest BCUT2D eigenvalue weighted by Crippen LogP contribution is -2.47. The van der Waals surface area contributed by atoms with Crippen LogP contribution < -0.4 is 4.72 Å². The van der Waals surface area contributed by atoms with Crippen LogP contribution in [0, 0.1) is 6.92 Å². The summed E-state index contributed by atoms with van der Waals surface area (Å²) in [5.41, 5.74) is 2.36. The Hall–Kier alpha value is -1.34. The van der Waals surface area contributed by atoms with Crippen LogP contribution in [0.25, 0.3) is 0 Å². The molecule has 1 aliphatic heterocycles. The van der Waals surface area contributed by atoms with E-state index in [0.29, 0.717) is 31.1 Å². The quantitative estimate of drug-likeness (QED) is 0.326. The summed E-state index contributed by atoms with van der Waals surface area (Å²) >= 11 is 0. The fourth-order valence-corrected chi connectivity index (χ4v) is 9.64. The molecule has 182 valence electrons. The number of hydrogen-bond donors (Lipinski definition) is 1. The maximum absolute atomic E-state index is 15.0. The van der Waals surface area contributed by atoms with E-state index in [0.717, 1.165) is 18.7 Å². The molecule has 0 bridgehead atoms. The van der Waals surface area contributed by atoms with Crippen molar-refractivity contribution in [1.29, 1.82) is 0 Å². The lowest BCUT2D eigenvalue weighted by atomic mass is 10.2. The summed E-state index contributed by atoms with van der Waals surface area (Å²) in [6, 6.07) is 18.1. The van der Waals surface area contributed by atoms with Crippen LogP contribution in [0.2, 0.25) is 0 Å². The van der Waals surface area contributed by atoms with E-state index >= 15 is 0 Å². The molecule has 2 aromatic carbocycles. The monoisotopic (exact) mass is 490 g/mol. The Labute approximate surface area is 202 Å². The molecule has 33 heavy (non-hydrogen) atoms. The first-order valence-electron chi connectivity index (χ1n) is 12.0. The first-order chi connectivity index (χ1) is 15.9. The van der Waals surface area contributed by atoms with Gasteiger partial charge in [0.05, 0.1) is 4.90 Å². The zero-order valence-electron chi connectivity index (χ0n) is 20.6. The summed E-state index contributed by atoms with van der Waals surface area (Å²) < 4.78 is 35.9. The van der Waals surface area contributed by atoms with Crippen LogP contribution >= 0.6 is 7.44 Å². The topological polar surface area (TPSA) is 55.7 Å². The van der Waals surface area contributed by atoms with E-state index < -0.39 is 24.2 Å². The normalized spacial score (nSPS) is 20.2. The van der Waals surface area contributed by atoms with Gasteiger partial charge in [-0.15, -0.1) is 0 Å². The fourth-order valence-electron chi connectivity index (χ4n) is 4.49. The summed E-state index contributed by atoms with van der Waals surface area (Å²) in [4.78, 5) is 3.05. The van der Waals surface area contributed by atoms with Crippen molar-refractivity contribution < 1.29 is 8.77 Å². The number of rotatable bonds is 13. The second-order valence-electron chi connectivity index (χ2n) is 8.49. The molecule has 0 aromatic heterocycles. The summed E-state index contributed by atoms with van der Waals surface area (Å²) in [5, 5.41) is 0. The summed E-state index contributed by atoms with van der Waals surface area (Å²) in [5.74, 6) is -0.414. The number of benzene rings is 2. The van der Waals surface area contributed by atoms with Crippen molar-refractivity contribution in [3.05, 3.63) is 65.7 Å². The average Bonchev–Trinajstić information content (AvgIpc) is 3.58. The van der Waals surface area contributed by atoms with Gasteiger partial charge in [0.15, 0.2) is 0 Å². The van der Waals surface area contributed by atoms with Crippen LogP contribution in [0.3, 0.4) is 0 Å². The van der Waals surface area contributed by atoms with Crippen LogP contribution in [-0.2, 0) is 22.1 Å². The number of nitrogens with one attached hydrogen (secondary N) is 1. The molecule has 4 atom stereocenters. The third-order valence-corrected chi connectivity index (χ3v) is 11.7. The zero-order chi connectivity index (χ0) is 24.0. The maximum atomic E-state index is 15.0. The van der Waals surface area contributed by atoms with E-state index in [1.807, 2.05) is 49.4 Å². The van der Waals surface area contributed by atoms with Crippen LogP contribution in [0.15, 0.2) is 59.5 Å². The van der Waals surface area contributed by atoms with Crippen molar-refractivity contribution in [3.8, 4) is 0 Å². The highest BCUT2D eigenvalue weighted by atomic mass is 32.2. The molecule has 2 unspecified atom stereocenters. The van der Waals surface area contributed by atoms with E-state index in [-0.39, 0.29) is 6.04 Å². The van der Waals surface area contributed by atoms with Crippen molar-refractivity contribution in [3.63, 3.8) is 0 Å². The van der Waals surface area contributed by atoms with Gasteiger partial charge in [-0.3, -0.25) is 9.46 Å². The largest absolute Gasteiger partial charge is 0.291 e. The predicted octanol–water partition coefficient (Wildman–Crippen LogP) is 4.69. The number of hydrogen-bond acceptors (Lipinski definition) is 3. The lowest BCUT2D eigenvalue weighted by molar-refractivity contribution is 0.339. The predicted molar refractivity (Wildman–Crippen MR) is 139 cm³/mol. The Kier molecular flexibility index (Phi) is 9.45. The molecule has 0 radical (unpaired) electrons. The van der Waals surface area contributed by atoms with Crippen molar-refractivity contribution in [2.24, 2.45) is 0 Å². The second-order valence-corrected chi connectivity index (χ2v) is 12.6. The Bertz CT molecular complexity index is 933. The van der Waals surface area contributed by atoms with Crippen LogP contribution in [-0.4, -0.2) is 63.0 Å². The Morgan fingerprint density at radius 2 is 1.52 bits per heavy atom. The van der Waals surface area contributed by atoms with Gasteiger partial charge in [0, 0.05) is 45.3 Å². The fraction of sp³-hybridized carbons (Fsp3) is 0.520. The number of nitrogens with zero attached hydrogens (tertiary/aromatic N) is 3. The SMILES string of the molecule is CCN(CC)P(=O)([C@H](NS(=O)c1ccc(C)cc1)[C@H]1CN1Cc1ccccc1)N(CC)CC. The minimum atomic E-state index is -3.05. The Morgan fingerprint density at radius 1 is 0.970 bits per heavy atom.